The fourth-order valence-electron chi connectivity index (χ4n) is 6.02. The molecule has 0 amide bonds. The highest BCUT2D eigenvalue weighted by atomic mass is 32.1. The Bertz CT molecular complexity index is 1800. The van der Waals surface area contributed by atoms with Gasteiger partial charge in [0.15, 0.2) is 23.0 Å². The fraction of sp³-hybridized carbons (Fsp3) is 0.0513. The smallest absolute Gasteiger partial charge is 0.231 e. The van der Waals surface area contributed by atoms with Gasteiger partial charge in [-0.25, -0.2) is 0 Å². The minimum Gasteiger partial charge on any atom is -0.454 e. The van der Waals surface area contributed by atoms with Crippen LogP contribution in [0.1, 0.15) is 11.1 Å². The maximum atomic E-state index is 6.63. The Balaban J connectivity index is 1.39. The van der Waals surface area contributed by atoms with Crippen molar-refractivity contribution in [3.05, 3.63) is 157 Å². The van der Waals surface area contributed by atoms with E-state index in [1.54, 1.807) is 0 Å². The van der Waals surface area contributed by atoms with Gasteiger partial charge in [0.25, 0.3) is 0 Å². The molecule has 8 rings (SSSR count). The molecule has 0 saturated heterocycles. The van der Waals surface area contributed by atoms with Crippen LogP contribution in [0.15, 0.2) is 146 Å². The van der Waals surface area contributed by atoms with Gasteiger partial charge in [0, 0.05) is 11.1 Å². The molecule has 0 bridgehead atoms. The summed E-state index contributed by atoms with van der Waals surface area (Å²) in [5.74, 6) is 2.73. The van der Waals surface area contributed by atoms with Crippen molar-refractivity contribution in [1.29, 1.82) is 0 Å². The zero-order chi connectivity index (χ0) is 30.9. The summed E-state index contributed by atoms with van der Waals surface area (Å²) >= 11 is 6.63. The van der Waals surface area contributed by atoms with Crippen molar-refractivity contribution in [3.8, 4) is 23.0 Å². The summed E-state index contributed by atoms with van der Waals surface area (Å²) in [5, 5.41) is 7.10. The van der Waals surface area contributed by atoms with E-state index >= 15 is 0 Å². The van der Waals surface area contributed by atoms with E-state index in [1.807, 2.05) is 12.1 Å². The number of hydrogen-bond donors (Lipinski definition) is 0. The van der Waals surface area contributed by atoms with Gasteiger partial charge in [0.1, 0.15) is 0 Å². The Morgan fingerprint density at radius 1 is 0.413 bits per heavy atom. The molecule has 0 radical (unpaired) electrons. The summed E-state index contributed by atoms with van der Waals surface area (Å²) in [4.78, 5) is 0.661. The summed E-state index contributed by atoms with van der Waals surface area (Å²) in [6.45, 7) is 0.284. The largest absolute Gasteiger partial charge is 0.454 e. The number of hydrogen-bond acceptors (Lipinski definition) is 5. The first-order valence-corrected chi connectivity index (χ1v) is 18.1. The molecule has 4 nitrogen and oxygen atoms in total. The first kappa shape index (κ1) is 28.9. The van der Waals surface area contributed by atoms with E-state index in [9.17, 15) is 0 Å². The van der Waals surface area contributed by atoms with Gasteiger partial charge in [-0.3, -0.25) is 0 Å². The minimum absolute atomic E-state index is 0.142. The normalized spacial score (nSPS) is 12.9. The van der Waals surface area contributed by atoms with Crippen LogP contribution in [0.3, 0.4) is 0 Å². The maximum Gasteiger partial charge on any atom is 0.231 e. The van der Waals surface area contributed by atoms with Crippen molar-refractivity contribution in [1.82, 2.24) is 0 Å². The second kappa shape index (κ2) is 12.7. The third-order valence-electron chi connectivity index (χ3n) is 8.03. The first-order chi connectivity index (χ1) is 22.8. The topological polar surface area (TPSA) is 36.9 Å². The molecular formula is C39H28O4P2S. The summed E-state index contributed by atoms with van der Waals surface area (Å²) in [6.07, 6.45) is 0. The molecule has 0 fully saturated rings. The molecule has 0 atom stereocenters. The van der Waals surface area contributed by atoms with Gasteiger partial charge in [0.05, 0.1) is 4.86 Å². The average Bonchev–Trinajstić information content (AvgIpc) is 3.80. The van der Waals surface area contributed by atoms with Gasteiger partial charge in [-0.05, 0) is 71.9 Å². The molecule has 224 valence electrons. The average molecular weight is 655 g/mol. The minimum atomic E-state index is -1.00. The van der Waals surface area contributed by atoms with Crippen molar-refractivity contribution >= 4 is 64.8 Å². The number of ether oxygens (including phenoxy) is 4. The third-order valence-corrected chi connectivity index (χ3v) is 13.4. The lowest BCUT2D eigenvalue weighted by molar-refractivity contribution is 0.174. The van der Waals surface area contributed by atoms with Crippen LogP contribution < -0.4 is 50.8 Å². The van der Waals surface area contributed by atoms with E-state index in [0.29, 0.717) is 27.9 Å². The van der Waals surface area contributed by atoms with Crippen molar-refractivity contribution in [2.45, 2.75) is 0 Å². The monoisotopic (exact) mass is 654 g/mol. The van der Waals surface area contributed by atoms with Gasteiger partial charge in [-0.2, -0.15) is 0 Å². The summed E-state index contributed by atoms with van der Waals surface area (Å²) in [6, 6.07) is 50.9. The molecule has 46 heavy (non-hydrogen) atoms. The lowest BCUT2D eigenvalue weighted by Crippen LogP contribution is -2.29. The number of rotatable bonds is 8. The second-order valence-corrected chi connectivity index (χ2v) is 15.5. The van der Waals surface area contributed by atoms with Crippen LogP contribution in [0.25, 0.3) is 0 Å². The zero-order valence-corrected chi connectivity index (χ0v) is 27.3. The van der Waals surface area contributed by atoms with E-state index in [2.05, 4.69) is 133 Å². The molecule has 6 aromatic rings. The van der Waals surface area contributed by atoms with Crippen molar-refractivity contribution < 1.29 is 18.9 Å². The Morgan fingerprint density at radius 3 is 1.07 bits per heavy atom. The van der Waals surface area contributed by atoms with E-state index < -0.39 is 15.8 Å². The molecule has 2 heterocycles. The highest BCUT2D eigenvalue weighted by molar-refractivity contribution is 7.83. The van der Waals surface area contributed by atoms with Crippen LogP contribution in [0, 0.1) is 0 Å². The van der Waals surface area contributed by atoms with E-state index in [1.165, 1.54) is 21.2 Å². The van der Waals surface area contributed by atoms with Crippen LogP contribution in [0.5, 0.6) is 23.0 Å². The van der Waals surface area contributed by atoms with E-state index in [4.69, 9.17) is 31.2 Å². The van der Waals surface area contributed by atoms with Crippen LogP contribution in [-0.2, 0) is 0 Å². The van der Waals surface area contributed by atoms with Crippen LogP contribution in [0.2, 0.25) is 0 Å². The van der Waals surface area contributed by atoms with Gasteiger partial charge in [0.2, 0.25) is 13.6 Å². The first-order valence-electron chi connectivity index (χ1n) is 15.0. The lowest BCUT2D eigenvalue weighted by Gasteiger charge is -2.26. The standard InChI is InChI=1S/C39H28O4P2S/c46-39(35-33(23-21-31-37(35)42-25-40-31)44(27-13-5-1-6-14-27)28-15-7-2-8-16-28)36-34(24-22-32-38(36)43-26-41-32)45(29-17-9-3-10-18-29)30-19-11-4-12-20-30/h1-24H,25-26H2. The highest BCUT2D eigenvalue weighted by Crippen LogP contribution is 2.47. The zero-order valence-electron chi connectivity index (χ0n) is 24.7. The number of benzene rings is 6. The second-order valence-electron chi connectivity index (χ2n) is 10.7. The molecule has 2 aliphatic rings. The Kier molecular flexibility index (Phi) is 7.98. The Hall–Kier alpha value is -4.53. The van der Waals surface area contributed by atoms with Crippen LogP contribution in [0.4, 0.5) is 0 Å². The van der Waals surface area contributed by atoms with Gasteiger partial charge in [-0.15, -0.1) is 0 Å². The predicted octanol–water partition coefficient (Wildman–Crippen LogP) is 6.43. The van der Waals surface area contributed by atoms with Crippen LogP contribution >= 0.6 is 28.1 Å². The molecule has 6 aromatic carbocycles. The Labute approximate surface area is 276 Å². The van der Waals surface area contributed by atoms with Crippen molar-refractivity contribution in [3.63, 3.8) is 0 Å². The highest BCUT2D eigenvalue weighted by Gasteiger charge is 2.35. The van der Waals surface area contributed by atoms with Gasteiger partial charge >= 0.3 is 0 Å². The van der Waals surface area contributed by atoms with Crippen molar-refractivity contribution in [2.24, 2.45) is 0 Å². The van der Waals surface area contributed by atoms with E-state index in [-0.39, 0.29) is 13.6 Å². The molecule has 0 saturated carbocycles. The van der Waals surface area contributed by atoms with E-state index in [0.717, 1.165) is 21.7 Å². The molecule has 2 aliphatic heterocycles. The molecule has 0 spiro atoms. The quantitative estimate of drug-likeness (QED) is 0.108. The molecule has 0 aliphatic carbocycles. The van der Waals surface area contributed by atoms with Gasteiger partial charge in [-0.1, -0.05) is 134 Å². The van der Waals surface area contributed by atoms with Gasteiger partial charge < -0.3 is 18.9 Å². The van der Waals surface area contributed by atoms with Crippen LogP contribution in [-0.4, -0.2) is 18.5 Å². The SMILES string of the molecule is S=C(c1c(P(c2ccccc2)c2ccccc2)ccc2c1OCO2)c1c(P(c2ccccc2)c2ccccc2)ccc2c1OCO2. The molecule has 0 aromatic heterocycles. The summed E-state index contributed by atoms with van der Waals surface area (Å²) in [7, 11) is -2.01. The predicted molar refractivity (Wildman–Crippen MR) is 193 cm³/mol. The Morgan fingerprint density at radius 2 is 0.739 bits per heavy atom. The number of thiocarbonyl (C=S) groups is 1. The van der Waals surface area contributed by atoms with Crippen molar-refractivity contribution in [2.75, 3.05) is 13.6 Å². The maximum absolute atomic E-state index is 6.63. The lowest BCUT2D eigenvalue weighted by atomic mass is 10.0. The fourth-order valence-corrected chi connectivity index (χ4v) is 11.5. The third kappa shape index (κ3) is 5.25. The summed E-state index contributed by atoms with van der Waals surface area (Å²) < 4.78 is 24.4. The molecule has 0 N–H and O–H groups in total. The molecule has 0 unspecified atom stereocenters. The summed E-state index contributed by atoms with van der Waals surface area (Å²) in [5.41, 5.74) is 1.73. The number of fused-ring (bicyclic) bond motifs is 2. The molecular weight excluding hydrogens is 626 g/mol. The molecule has 7 heteroatoms.